The Morgan fingerprint density at radius 2 is 1.92 bits per heavy atom. The topological polar surface area (TPSA) is 56.7 Å². The highest BCUT2D eigenvalue weighted by Gasteiger charge is 2.08. The van der Waals surface area contributed by atoms with Gasteiger partial charge < -0.3 is 15.5 Å². The molecule has 0 heterocycles. The SMILES string of the molecule is CCNC(=NCCC(=O)NC(C)CC)N(C)Cc1ccc(Br)cc1.I. The van der Waals surface area contributed by atoms with Crippen LogP contribution in [-0.4, -0.2) is 42.9 Å². The Morgan fingerprint density at radius 3 is 2.48 bits per heavy atom. The third-order valence-corrected chi connectivity index (χ3v) is 4.18. The lowest BCUT2D eigenvalue weighted by molar-refractivity contribution is -0.121. The molecular formula is C18H30BrIN4O. The lowest BCUT2D eigenvalue weighted by Gasteiger charge is -2.22. The molecule has 1 aromatic rings. The average molecular weight is 525 g/mol. The van der Waals surface area contributed by atoms with E-state index < -0.39 is 0 Å². The van der Waals surface area contributed by atoms with Crippen molar-refractivity contribution in [1.82, 2.24) is 15.5 Å². The zero-order valence-electron chi connectivity index (χ0n) is 15.5. The van der Waals surface area contributed by atoms with Crippen LogP contribution in [0.3, 0.4) is 0 Å². The second-order valence-electron chi connectivity index (χ2n) is 5.84. The van der Waals surface area contributed by atoms with Gasteiger partial charge >= 0.3 is 0 Å². The summed E-state index contributed by atoms with van der Waals surface area (Å²) >= 11 is 3.45. The van der Waals surface area contributed by atoms with Crippen LogP contribution in [0.4, 0.5) is 0 Å². The zero-order chi connectivity index (χ0) is 17.9. The quantitative estimate of drug-likeness (QED) is 0.309. The number of benzene rings is 1. The first kappa shape index (κ1) is 24.2. The van der Waals surface area contributed by atoms with Crippen molar-refractivity contribution in [1.29, 1.82) is 0 Å². The van der Waals surface area contributed by atoms with Crippen molar-refractivity contribution < 1.29 is 4.79 Å². The molecular weight excluding hydrogens is 495 g/mol. The Kier molecular flexibility index (Phi) is 12.9. The summed E-state index contributed by atoms with van der Waals surface area (Å²) in [6, 6.07) is 8.46. The highest BCUT2D eigenvalue weighted by Crippen LogP contribution is 2.11. The van der Waals surface area contributed by atoms with Gasteiger partial charge in [-0.3, -0.25) is 9.79 Å². The van der Waals surface area contributed by atoms with E-state index in [0.717, 1.165) is 29.9 Å². The summed E-state index contributed by atoms with van der Waals surface area (Å²) in [7, 11) is 2.00. The molecule has 0 spiro atoms. The Balaban J connectivity index is 0.00000576. The van der Waals surface area contributed by atoms with Crippen molar-refractivity contribution >= 4 is 51.8 Å². The number of amides is 1. The van der Waals surface area contributed by atoms with Gasteiger partial charge in [0, 0.05) is 37.1 Å². The zero-order valence-corrected chi connectivity index (χ0v) is 19.4. The van der Waals surface area contributed by atoms with Crippen molar-refractivity contribution in [3.63, 3.8) is 0 Å². The number of carbonyl (C=O) groups excluding carboxylic acids is 1. The number of hydrogen-bond acceptors (Lipinski definition) is 2. The monoisotopic (exact) mass is 524 g/mol. The summed E-state index contributed by atoms with van der Waals surface area (Å²) < 4.78 is 1.07. The molecule has 1 unspecified atom stereocenters. The van der Waals surface area contributed by atoms with Crippen LogP contribution >= 0.6 is 39.9 Å². The molecule has 1 amide bonds. The standard InChI is InChI=1S/C18H29BrN4O.HI/c1-5-14(3)22-17(24)11-12-21-18(20-6-2)23(4)13-15-7-9-16(19)10-8-15;/h7-10,14H,5-6,11-13H2,1-4H3,(H,20,21)(H,22,24);1H. The molecule has 0 saturated carbocycles. The van der Waals surface area contributed by atoms with Gasteiger partial charge in [-0.2, -0.15) is 0 Å². The minimum atomic E-state index is 0. The first-order chi connectivity index (χ1) is 11.5. The molecule has 0 aromatic heterocycles. The van der Waals surface area contributed by atoms with Crippen LogP contribution in [0.5, 0.6) is 0 Å². The Hall–Kier alpha value is -0.830. The van der Waals surface area contributed by atoms with E-state index in [-0.39, 0.29) is 35.9 Å². The van der Waals surface area contributed by atoms with Crippen LogP contribution in [0.2, 0.25) is 0 Å². The number of halogens is 2. The minimum Gasteiger partial charge on any atom is -0.357 e. The summed E-state index contributed by atoms with van der Waals surface area (Å²) in [4.78, 5) is 18.5. The van der Waals surface area contributed by atoms with Crippen molar-refractivity contribution in [2.75, 3.05) is 20.1 Å². The molecule has 5 nitrogen and oxygen atoms in total. The van der Waals surface area contributed by atoms with E-state index in [0.29, 0.717) is 13.0 Å². The molecule has 7 heteroatoms. The second kappa shape index (κ2) is 13.4. The van der Waals surface area contributed by atoms with E-state index in [1.807, 2.05) is 33.0 Å². The molecule has 0 aliphatic carbocycles. The number of carbonyl (C=O) groups is 1. The fraction of sp³-hybridized carbons (Fsp3) is 0.556. The van der Waals surface area contributed by atoms with Crippen molar-refractivity contribution in [3.8, 4) is 0 Å². The summed E-state index contributed by atoms with van der Waals surface area (Å²) in [5, 5.41) is 6.24. The minimum absolute atomic E-state index is 0. The molecule has 142 valence electrons. The van der Waals surface area contributed by atoms with Gasteiger partial charge in [0.05, 0.1) is 6.54 Å². The van der Waals surface area contributed by atoms with Crippen LogP contribution in [0.15, 0.2) is 33.7 Å². The van der Waals surface area contributed by atoms with E-state index in [4.69, 9.17) is 0 Å². The first-order valence-corrected chi connectivity index (χ1v) is 9.28. The molecule has 1 aromatic carbocycles. The third kappa shape index (κ3) is 10.0. The fourth-order valence-corrected chi connectivity index (χ4v) is 2.38. The fourth-order valence-electron chi connectivity index (χ4n) is 2.12. The summed E-state index contributed by atoms with van der Waals surface area (Å²) in [6.07, 6.45) is 1.35. The molecule has 2 N–H and O–H groups in total. The molecule has 0 saturated heterocycles. The largest absolute Gasteiger partial charge is 0.357 e. The highest BCUT2D eigenvalue weighted by atomic mass is 127. The number of guanidine groups is 1. The average Bonchev–Trinajstić information content (AvgIpc) is 2.56. The van der Waals surface area contributed by atoms with Gasteiger partial charge in [-0.25, -0.2) is 0 Å². The molecule has 0 fully saturated rings. The van der Waals surface area contributed by atoms with E-state index in [1.165, 1.54) is 5.56 Å². The molecule has 1 rings (SSSR count). The predicted molar refractivity (Wildman–Crippen MR) is 120 cm³/mol. The van der Waals surface area contributed by atoms with Gasteiger partial charge in [-0.05, 0) is 38.0 Å². The van der Waals surface area contributed by atoms with Gasteiger partial charge in [-0.15, -0.1) is 24.0 Å². The number of nitrogens with one attached hydrogen (secondary N) is 2. The van der Waals surface area contributed by atoms with Gasteiger partial charge in [0.15, 0.2) is 5.96 Å². The Bertz CT molecular complexity index is 536. The highest BCUT2D eigenvalue weighted by molar-refractivity contribution is 14.0. The van der Waals surface area contributed by atoms with E-state index >= 15 is 0 Å². The summed E-state index contributed by atoms with van der Waals surface area (Å²) in [5.41, 5.74) is 1.21. The molecule has 0 aliphatic heterocycles. The van der Waals surface area contributed by atoms with Crippen molar-refractivity contribution in [3.05, 3.63) is 34.3 Å². The summed E-state index contributed by atoms with van der Waals surface area (Å²) in [6.45, 7) is 8.15. The molecule has 0 aliphatic rings. The summed E-state index contributed by atoms with van der Waals surface area (Å²) in [5.74, 6) is 0.872. The van der Waals surface area contributed by atoms with Crippen LogP contribution in [0, 0.1) is 0 Å². The van der Waals surface area contributed by atoms with Crippen LogP contribution in [-0.2, 0) is 11.3 Å². The normalized spacial score (nSPS) is 12.1. The van der Waals surface area contributed by atoms with Crippen molar-refractivity contribution in [2.45, 2.75) is 46.2 Å². The van der Waals surface area contributed by atoms with Crippen LogP contribution in [0.25, 0.3) is 0 Å². The second-order valence-corrected chi connectivity index (χ2v) is 6.76. The smallest absolute Gasteiger partial charge is 0.222 e. The van der Waals surface area contributed by atoms with Crippen LogP contribution < -0.4 is 10.6 Å². The number of rotatable bonds is 8. The van der Waals surface area contributed by atoms with Gasteiger partial charge in [0.25, 0.3) is 0 Å². The Morgan fingerprint density at radius 1 is 1.28 bits per heavy atom. The maximum Gasteiger partial charge on any atom is 0.222 e. The third-order valence-electron chi connectivity index (χ3n) is 3.65. The molecule has 0 bridgehead atoms. The maximum absolute atomic E-state index is 11.8. The Labute approximate surface area is 177 Å². The lowest BCUT2D eigenvalue weighted by atomic mass is 10.2. The van der Waals surface area contributed by atoms with Gasteiger partial charge in [0.2, 0.25) is 5.91 Å². The number of nitrogens with zero attached hydrogens (tertiary/aromatic N) is 2. The van der Waals surface area contributed by atoms with E-state index in [1.54, 1.807) is 0 Å². The maximum atomic E-state index is 11.8. The predicted octanol–water partition coefficient (Wildman–Crippen LogP) is 3.77. The van der Waals surface area contributed by atoms with Crippen LogP contribution in [0.1, 0.15) is 39.2 Å². The molecule has 1 atom stereocenters. The van der Waals surface area contributed by atoms with Gasteiger partial charge in [-0.1, -0.05) is 35.0 Å². The van der Waals surface area contributed by atoms with Crippen molar-refractivity contribution in [2.24, 2.45) is 4.99 Å². The van der Waals surface area contributed by atoms with E-state index in [9.17, 15) is 4.79 Å². The first-order valence-electron chi connectivity index (χ1n) is 8.49. The van der Waals surface area contributed by atoms with Gasteiger partial charge in [0.1, 0.15) is 0 Å². The number of aliphatic imine (C=N–C) groups is 1. The molecule has 0 radical (unpaired) electrons. The van der Waals surface area contributed by atoms with E-state index in [2.05, 4.69) is 55.5 Å². The molecule has 25 heavy (non-hydrogen) atoms. The number of hydrogen-bond donors (Lipinski definition) is 2. The lowest BCUT2D eigenvalue weighted by Crippen LogP contribution is -2.39.